The zero-order chi connectivity index (χ0) is 20.8. The highest BCUT2D eigenvalue weighted by molar-refractivity contribution is 5.75. The Hall–Kier alpha value is -0.890. The standard InChI is InChI=1S/C15H26F4O8/c1-12(21)3-2-5-23-7-13(22)8-25-9-14(16,17)27-15(18,19)10-26-11-24-6-4-20/h13,20,22H,2-11H2,1H3. The van der Waals surface area contributed by atoms with E-state index in [2.05, 4.69) is 18.9 Å². The van der Waals surface area contributed by atoms with Crippen molar-refractivity contribution in [1.82, 2.24) is 0 Å². The minimum Gasteiger partial charge on any atom is -0.394 e. The smallest absolute Gasteiger partial charge is 0.383 e. The topological polar surface area (TPSA) is 104 Å². The molecule has 162 valence electrons. The van der Waals surface area contributed by atoms with Crippen molar-refractivity contribution in [3.63, 3.8) is 0 Å². The van der Waals surface area contributed by atoms with Gasteiger partial charge < -0.3 is 34.0 Å². The summed E-state index contributed by atoms with van der Waals surface area (Å²) in [4.78, 5) is 10.7. The van der Waals surface area contributed by atoms with Crippen LogP contribution in [0.2, 0.25) is 0 Å². The average molecular weight is 410 g/mol. The molecular weight excluding hydrogens is 384 g/mol. The minimum atomic E-state index is -4.32. The number of halogens is 4. The quantitative estimate of drug-likeness (QED) is 0.196. The molecule has 0 aliphatic rings. The molecule has 0 heterocycles. The van der Waals surface area contributed by atoms with E-state index < -0.39 is 44.9 Å². The Morgan fingerprint density at radius 1 is 0.963 bits per heavy atom. The molecule has 0 aliphatic heterocycles. The monoisotopic (exact) mass is 410 g/mol. The molecule has 0 fully saturated rings. The van der Waals surface area contributed by atoms with Gasteiger partial charge in [-0.2, -0.15) is 17.6 Å². The maximum Gasteiger partial charge on any atom is 0.383 e. The molecule has 0 aromatic heterocycles. The fourth-order valence-electron chi connectivity index (χ4n) is 1.62. The molecule has 0 aromatic rings. The highest BCUT2D eigenvalue weighted by Crippen LogP contribution is 2.27. The Bertz CT molecular complexity index is 398. The van der Waals surface area contributed by atoms with Gasteiger partial charge in [0.25, 0.3) is 0 Å². The molecule has 0 saturated carbocycles. The summed E-state index contributed by atoms with van der Waals surface area (Å²) in [5.74, 6) is -0.00963. The van der Waals surface area contributed by atoms with Crippen molar-refractivity contribution in [2.75, 3.05) is 53.0 Å². The molecular formula is C15H26F4O8. The summed E-state index contributed by atoms with van der Waals surface area (Å²) in [6.45, 7) is -3.29. The van der Waals surface area contributed by atoms with Crippen molar-refractivity contribution in [2.45, 2.75) is 38.1 Å². The number of hydrogen-bond donors (Lipinski definition) is 2. The van der Waals surface area contributed by atoms with Gasteiger partial charge in [-0.25, -0.2) is 0 Å². The normalized spacial score (nSPS) is 13.7. The lowest BCUT2D eigenvalue weighted by Crippen LogP contribution is -2.40. The lowest BCUT2D eigenvalue weighted by atomic mass is 10.2. The van der Waals surface area contributed by atoms with Gasteiger partial charge in [0, 0.05) is 13.0 Å². The number of aliphatic hydroxyl groups excluding tert-OH is 2. The number of rotatable bonds is 18. The zero-order valence-electron chi connectivity index (χ0n) is 15.0. The van der Waals surface area contributed by atoms with E-state index in [0.717, 1.165) is 0 Å². The van der Waals surface area contributed by atoms with E-state index in [1.54, 1.807) is 0 Å². The van der Waals surface area contributed by atoms with Gasteiger partial charge in [0.2, 0.25) is 0 Å². The molecule has 0 bridgehead atoms. The van der Waals surface area contributed by atoms with Gasteiger partial charge in [-0.1, -0.05) is 0 Å². The van der Waals surface area contributed by atoms with Crippen LogP contribution in [-0.4, -0.2) is 87.4 Å². The zero-order valence-corrected chi connectivity index (χ0v) is 15.0. The van der Waals surface area contributed by atoms with E-state index >= 15 is 0 Å². The van der Waals surface area contributed by atoms with Crippen molar-refractivity contribution >= 4 is 5.78 Å². The van der Waals surface area contributed by atoms with E-state index in [-0.39, 0.29) is 32.2 Å². The van der Waals surface area contributed by atoms with Crippen LogP contribution in [0.5, 0.6) is 0 Å². The van der Waals surface area contributed by atoms with Crippen LogP contribution in [0, 0.1) is 0 Å². The Kier molecular flexibility index (Phi) is 13.7. The first kappa shape index (κ1) is 26.1. The molecule has 12 heteroatoms. The van der Waals surface area contributed by atoms with Crippen molar-refractivity contribution in [3.8, 4) is 0 Å². The molecule has 0 spiro atoms. The average Bonchev–Trinajstić information content (AvgIpc) is 2.52. The first-order valence-electron chi connectivity index (χ1n) is 8.13. The predicted molar refractivity (Wildman–Crippen MR) is 82.4 cm³/mol. The summed E-state index contributed by atoms with van der Waals surface area (Å²) in [5.41, 5.74) is 0. The Morgan fingerprint density at radius 2 is 1.56 bits per heavy atom. The summed E-state index contributed by atoms with van der Waals surface area (Å²) in [6.07, 6.45) is -9.08. The second-order valence-electron chi connectivity index (χ2n) is 5.52. The number of carbonyl (C=O) groups excluding carboxylic acids is 1. The van der Waals surface area contributed by atoms with Crippen LogP contribution in [0.25, 0.3) is 0 Å². The second-order valence-corrected chi connectivity index (χ2v) is 5.52. The number of ether oxygens (including phenoxy) is 5. The summed E-state index contributed by atoms with van der Waals surface area (Å²) in [6, 6.07) is 0. The SMILES string of the molecule is CC(=O)CCCOCC(O)COCC(F)(F)OC(F)(F)COCOCCO. The summed E-state index contributed by atoms with van der Waals surface area (Å²) in [7, 11) is 0. The molecule has 0 saturated heterocycles. The predicted octanol–water partition coefficient (Wildman–Crippen LogP) is 0.935. The second kappa shape index (κ2) is 14.2. The van der Waals surface area contributed by atoms with Crippen LogP contribution in [0.3, 0.4) is 0 Å². The maximum atomic E-state index is 13.3. The van der Waals surface area contributed by atoms with Crippen molar-refractivity contribution in [3.05, 3.63) is 0 Å². The van der Waals surface area contributed by atoms with Gasteiger partial charge in [-0.3, -0.25) is 4.74 Å². The number of hydrogen-bond acceptors (Lipinski definition) is 8. The van der Waals surface area contributed by atoms with E-state index in [1.807, 2.05) is 0 Å². The maximum absolute atomic E-state index is 13.3. The van der Waals surface area contributed by atoms with Gasteiger partial charge in [0.1, 0.15) is 31.9 Å². The van der Waals surface area contributed by atoms with E-state index in [4.69, 9.17) is 9.84 Å². The van der Waals surface area contributed by atoms with Gasteiger partial charge in [-0.15, -0.1) is 0 Å². The number of aliphatic hydroxyl groups is 2. The van der Waals surface area contributed by atoms with Crippen molar-refractivity contribution < 1.29 is 56.3 Å². The van der Waals surface area contributed by atoms with E-state index in [0.29, 0.717) is 12.8 Å². The van der Waals surface area contributed by atoms with Crippen LogP contribution in [-0.2, 0) is 28.5 Å². The van der Waals surface area contributed by atoms with Crippen LogP contribution in [0.4, 0.5) is 17.6 Å². The molecule has 2 N–H and O–H groups in total. The lowest BCUT2D eigenvalue weighted by molar-refractivity contribution is -0.396. The van der Waals surface area contributed by atoms with Crippen LogP contribution < -0.4 is 0 Å². The lowest BCUT2D eigenvalue weighted by Gasteiger charge is -2.24. The largest absolute Gasteiger partial charge is 0.394 e. The molecule has 0 rings (SSSR count). The third-order valence-corrected chi connectivity index (χ3v) is 2.68. The fraction of sp³-hybridized carbons (Fsp3) is 0.933. The molecule has 0 aromatic carbocycles. The van der Waals surface area contributed by atoms with E-state index in [9.17, 15) is 27.5 Å². The molecule has 27 heavy (non-hydrogen) atoms. The Labute approximate surface area is 154 Å². The molecule has 0 radical (unpaired) electrons. The van der Waals surface area contributed by atoms with Gasteiger partial charge in [0.15, 0.2) is 0 Å². The fourth-order valence-corrected chi connectivity index (χ4v) is 1.62. The van der Waals surface area contributed by atoms with Gasteiger partial charge >= 0.3 is 12.2 Å². The first-order valence-corrected chi connectivity index (χ1v) is 8.13. The summed E-state index contributed by atoms with van der Waals surface area (Å²) in [5, 5.41) is 17.9. The number of Topliss-reactive ketones (excluding diaryl/α,β-unsaturated/α-hetero) is 1. The highest BCUT2D eigenvalue weighted by Gasteiger charge is 2.44. The summed E-state index contributed by atoms with van der Waals surface area (Å²) < 4.78 is 74.8. The molecule has 8 nitrogen and oxygen atoms in total. The van der Waals surface area contributed by atoms with Crippen LogP contribution in [0.15, 0.2) is 0 Å². The van der Waals surface area contributed by atoms with Crippen LogP contribution >= 0.6 is 0 Å². The van der Waals surface area contributed by atoms with Crippen molar-refractivity contribution in [2.24, 2.45) is 0 Å². The third kappa shape index (κ3) is 17.0. The number of ketones is 1. The van der Waals surface area contributed by atoms with E-state index in [1.165, 1.54) is 6.92 Å². The Balaban J connectivity index is 3.91. The molecule has 1 unspecified atom stereocenters. The minimum absolute atomic E-state index is 0.00963. The van der Waals surface area contributed by atoms with Gasteiger partial charge in [-0.05, 0) is 13.3 Å². The molecule has 0 amide bonds. The molecule has 0 aliphatic carbocycles. The summed E-state index contributed by atoms with van der Waals surface area (Å²) >= 11 is 0. The number of alkyl halides is 4. The number of carbonyl (C=O) groups is 1. The Morgan fingerprint density at radius 3 is 2.15 bits per heavy atom. The van der Waals surface area contributed by atoms with Gasteiger partial charge in [0.05, 0.1) is 26.4 Å². The highest BCUT2D eigenvalue weighted by atomic mass is 19.3. The first-order chi connectivity index (χ1) is 12.6. The van der Waals surface area contributed by atoms with Crippen molar-refractivity contribution in [1.29, 1.82) is 0 Å². The molecule has 1 atom stereocenters. The van der Waals surface area contributed by atoms with Crippen LogP contribution in [0.1, 0.15) is 19.8 Å². The third-order valence-electron chi connectivity index (χ3n) is 2.68.